The van der Waals surface area contributed by atoms with E-state index < -0.39 is 0 Å². The van der Waals surface area contributed by atoms with Crippen molar-refractivity contribution in [2.45, 2.75) is 26.4 Å². The van der Waals surface area contributed by atoms with Crippen molar-refractivity contribution in [1.82, 2.24) is 15.5 Å². The molecule has 0 amide bonds. The lowest BCUT2D eigenvalue weighted by Crippen LogP contribution is -2.42. The van der Waals surface area contributed by atoms with Gasteiger partial charge in [-0.25, -0.2) is 0 Å². The third-order valence-corrected chi connectivity index (χ3v) is 5.97. The van der Waals surface area contributed by atoms with Crippen molar-refractivity contribution in [2.75, 3.05) is 40.9 Å². The number of thiophene rings is 1. The van der Waals surface area contributed by atoms with Crippen LogP contribution >= 0.6 is 11.3 Å². The summed E-state index contributed by atoms with van der Waals surface area (Å²) in [7, 11) is 5.18. The minimum Gasteiger partial charge on any atom is -0.493 e. The van der Waals surface area contributed by atoms with Gasteiger partial charge in [0.2, 0.25) is 0 Å². The van der Waals surface area contributed by atoms with E-state index in [4.69, 9.17) is 9.47 Å². The normalized spacial score (nSPS) is 14.5. The molecule has 2 aromatic rings. The van der Waals surface area contributed by atoms with E-state index in [1.807, 2.05) is 18.4 Å². The van der Waals surface area contributed by atoms with Crippen molar-refractivity contribution in [2.24, 2.45) is 4.99 Å². The van der Waals surface area contributed by atoms with Gasteiger partial charge in [0.25, 0.3) is 0 Å². The molecule has 0 saturated heterocycles. The molecule has 0 spiro atoms. The standard InChI is InChI=1S/C21H30N4O2S/c1-15-5-6-18(28-15)13-24-21(22-2)23-8-10-25-9-7-16-11-19(26-3)20(27-4)12-17(16)14-25/h5-6,11-12H,7-10,13-14H2,1-4H3,(H2,22,23,24). The van der Waals surface area contributed by atoms with Crippen LogP contribution in [0.5, 0.6) is 11.5 Å². The molecule has 1 aliphatic rings. The second kappa shape index (κ2) is 9.80. The molecule has 28 heavy (non-hydrogen) atoms. The van der Waals surface area contributed by atoms with E-state index in [9.17, 15) is 0 Å². The van der Waals surface area contributed by atoms with Gasteiger partial charge in [-0.1, -0.05) is 0 Å². The van der Waals surface area contributed by atoms with Crippen LogP contribution in [0, 0.1) is 6.92 Å². The van der Waals surface area contributed by atoms with Gasteiger partial charge in [-0.15, -0.1) is 11.3 Å². The number of methoxy groups -OCH3 is 2. The van der Waals surface area contributed by atoms with Gasteiger partial charge in [0.1, 0.15) is 0 Å². The van der Waals surface area contributed by atoms with Crippen LogP contribution in [0.3, 0.4) is 0 Å². The lowest BCUT2D eigenvalue weighted by Gasteiger charge is -2.29. The number of guanidine groups is 1. The molecular formula is C21H30N4O2S. The zero-order chi connectivity index (χ0) is 19.9. The maximum absolute atomic E-state index is 5.45. The maximum atomic E-state index is 5.45. The lowest BCUT2D eigenvalue weighted by atomic mass is 9.99. The highest BCUT2D eigenvalue weighted by molar-refractivity contribution is 7.11. The largest absolute Gasteiger partial charge is 0.493 e. The summed E-state index contributed by atoms with van der Waals surface area (Å²) in [6.07, 6.45) is 1.03. The highest BCUT2D eigenvalue weighted by Gasteiger charge is 2.19. The Bertz CT molecular complexity index is 819. The summed E-state index contributed by atoms with van der Waals surface area (Å²) in [5.41, 5.74) is 2.67. The topological polar surface area (TPSA) is 58.1 Å². The molecule has 1 aromatic carbocycles. The fourth-order valence-electron chi connectivity index (χ4n) is 3.44. The predicted octanol–water partition coefficient (Wildman–Crippen LogP) is 2.80. The summed E-state index contributed by atoms with van der Waals surface area (Å²) in [5.74, 6) is 2.46. The highest BCUT2D eigenvalue weighted by atomic mass is 32.1. The number of hydrogen-bond donors (Lipinski definition) is 2. The number of fused-ring (bicyclic) bond motifs is 1. The van der Waals surface area contributed by atoms with Crippen LogP contribution in [-0.4, -0.2) is 51.8 Å². The van der Waals surface area contributed by atoms with Crippen molar-refractivity contribution >= 4 is 17.3 Å². The smallest absolute Gasteiger partial charge is 0.191 e. The Balaban J connectivity index is 1.47. The summed E-state index contributed by atoms with van der Waals surface area (Å²) in [4.78, 5) is 9.43. The van der Waals surface area contributed by atoms with Gasteiger partial charge in [0.05, 0.1) is 20.8 Å². The molecule has 0 unspecified atom stereocenters. The fourth-order valence-corrected chi connectivity index (χ4v) is 4.27. The highest BCUT2D eigenvalue weighted by Crippen LogP contribution is 2.33. The van der Waals surface area contributed by atoms with Crippen molar-refractivity contribution in [3.63, 3.8) is 0 Å². The molecule has 7 heteroatoms. The number of aliphatic imine (C=N–C) groups is 1. The van der Waals surface area contributed by atoms with Crippen LogP contribution in [-0.2, 0) is 19.5 Å². The molecule has 3 rings (SSSR count). The monoisotopic (exact) mass is 402 g/mol. The quantitative estimate of drug-likeness (QED) is 0.551. The van der Waals surface area contributed by atoms with Crippen LogP contribution in [0.25, 0.3) is 0 Å². The molecule has 2 heterocycles. The molecule has 0 atom stereocenters. The Labute approximate surface area is 171 Å². The van der Waals surface area contributed by atoms with Gasteiger partial charge in [-0.05, 0) is 48.7 Å². The fraction of sp³-hybridized carbons (Fsp3) is 0.476. The van der Waals surface area contributed by atoms with Gasteiger partial charge in [-0.2, -0.15) is 0 Å². The van der Waals surface area contributed by atoms with Gasteiger partial charge in [0.15, 0.2) is 17.5 Å². The Morgan fingerprint density at radius 2 is 1.89 bits per heavy atom. The van der Waals surface area contributed by atoms with E-state index in [1.165, 1.54) is 20.9 Å². The molecule has 0 radical (unpaired) electrons. The average molecular weight is 403 g/mol. The summed E-state index contributed by atoms with van der Waals surface area (Å²) < 4.78 is 10.9. The SMILES string of the molecule is CN=C(NCCN1CCc2cc(OC)c(OC)cc2C1)NCc1ccc(C)s1. The van der Waals surface area contributed by atoms with Crippen molar-refractivity contribution in [3.05, 3.63) is 45.1 Å². The van der Waals surface area contributed by atoms with Gasteiger partial charge in [-0.3, -0.25) is 9.89 Å². The Morgan fingerprint density at radius 1 is 1.14 bits per heavy atom. The van der Waals surface area contributed by atoms with E-state index in [-0.39, 0.29) is 0 Å². The summed E-state index contributed by atoms with van der Waals surface area (Å²) >= 11 is 1.81. The number of hydrogen-bond acceptors (Lipinski definition) is 5. The Morgan fingerprint density at radius 3 is 2.54 bits per heavy atom. The Hall–Kier alpha value is -2.25. The van der Waals surface area contributed by atoms with Crippen LogP contribution < -0.4 is 20.1 Å². The third kappa shape index (κ3) is 5.17. The molecule has 0 aliphatic carbocycles. The molecule has 0 saturated carbocycles. The first kappa shape index (κ1) is 20.5. The van der Waals surface area contributed by atoms with Crippen LogP contribution in [0.4, 0.5) is 0 Å². The molecule has 1 aliphatic heterocycles. The first-order chi connectivity index (χ1) is 13.6. The Kier molecular flexibility index (Phi) is 7.17. The average Bonchev–Trinajstić information content (AvgIpc) is 3.14. The predicted molar refractivity (Wildman–Crippen MR) is 116 cm³/mol. The van der Waals surface area contributed by atoms with E-state index in [2.05, 4.69) is 51.7 Å². The van der Waals surface area contributed by atoms with Gasteiger partial charge in [0, 0.05) is 43.0 Å². The van der Waals surface area contributed by atoms with E-state index in [1.54, 1.807) is 14.2 Å². The van der Waals surface area contributed by atoms with Crippen LogP contribution in [0.15, 0.2) is 29.3 Å². The van der Waals surface area contributed by atoms with Gasteiger partial charge >= 0.3 is 0 Å². The van der Waals surface area contributed by atoms with Crippen molar-refractivity contribution in [3.8, 4) is 11.5 Å². The number of rotatable bonds is 7. The molecule has 6 nitrogen and oxygen atoms in total. The second-order valence-corrected chi connectivity index (χ2v) is 8.24. The number of benzene rings is 1. The second-order valence-electron chi connectivity index (χ2n) is 6.87. The van der Waals surface area contributed by atoms with E-state index in [0.29, 0.717) is 0 Å². The molecule has 1 aromatic heterocycles. The van der Waals surface area contributed by atoms with Crippen LogP contribution in [0.1, 0.15) is 20.9 Å². The first-order valence-corrected chi connectivity index (χ1v) is 10.4. The summed E-state index contributed by atoms with van der Waals surface area (Å²) in [6, 6.07) is 8.53. The molecular weight excluding hydrogens is 372 g/mol. The molecule has 2 N–H and O–H groups in total. The number of ether oxygens (including phenoxy) is 2. The van der Waals surface area contributed by atoms with Gasteiger partial charge < -0.3 is 20.1 Å². The number of nitrogens with zero attached hydrogens (tertiary/aromatic N) is 2. The number of aryl methyl sites for hydroxylation is 1. The minimum atomic E-state index is 0.801. The third-order valence-electron chi connectivity index (χ3n) is 4.97. The molecule has 0 fully saturated rings. The molecule has 0 bridgehead atoms. The van der Waals surface area contributed by atoms with E-state index in [0.717, 1.165) is 56.6 Å². The van der Waals surface area contributed by atoms with Crippen molar-refractivity contribution in [1.29, 1.82) is 0 Å². The van der Waals surface area contributed by atoms with Crippen molar-refractivity contribution < 1.29 is 9.47 Å². The first-order valence-electron chi connectivity index (χ1n) is 9.59. The maximum Gasteiger partial charge on any atom is 0.191 e. The number of nitrogens with one attached hydrogen (secondary N) is 2. The summed E-state index contributed by atoms with van der Waals surface area (Å²) in [5, 5.41) is 6.80. The lowest BCUT2D eigenvalue weighted by molar-refractivity contribution is 0.256. The summed E-state index contributed by atoms with van der Waals surface area (Å²) in [6.45, 7) is 6.72. The van der Waals surface area contributed by atoms with Crippen LogP contribution in [0.2, 0.25) is 0 Å². The zero-order valence-electron chi connectivity index (χ0n) is 17.2. The van der Waals surface area contributed by atoms with E-state index >= 15 is 0 Å². The minimum absolute atomic E-state index is 0.801. The zero-order valence-corrected chi connectivity index (χ0v) is 18.0. The molecule has 152 valence electrons.